The molecule has 2 rings (SSSR count). The van der Waals surface area contributed by atoms with Crippen molar-refractivity contribution in [2.24, 2.45) is 0 Å². The number of ether oxygens (including phenoxy) is 1. The van der Waals surface area contributed by atoms with E-state index in [1.54, 1.807) is 0 Å². The first-order valence-electron chi connectivity index (χ1n) is 5.63. The zero-order valence-electron chi connectivity index (χ0n) is 9.16. The maximum Gasteiger partial charge on any atom is 0.208 e. The van der Waals surface area contributed by atoms with Crippen LogP contribution in [0.5, 0.6) is 0 Å². The predicted molar refractivity (Wildman–Crippen MR) is 56.7 cm³/mol. The normalized spacial score (nSPS) is 18.2. The lowest BCUT2D eigenvalue weighted by Crippen LogP contribution is -2.13. The summed E-state index contributed by atoms with van der Waals surface area (Å²) < 4.78 is 11.0. The Morgan fingerprint density at radius 3 is 3.00 bits per heavy atom. The molecule has 0 aliphatic carbocycles. The van der Waals surface area contributed by atoms with Crippen LogP contribution in [0.15, 0.2) is 10.6 Å². The van der Waals surface area contributed by atoms with Crippen molar-refractivity contribution in [2.75, 3.05) is 19.8 Å². The first-order chi connectivity index (χ1) is 7.40. The van der Waals surface area contributed by atoms with E-state index in [9.17, 15) is 0 Å². The van der Waals surface area contributed by atoms with Crippen LogP contribution in [0.3, 0.4) is 0 Å². The maximum absolute atomic E-state index is 5.70. The van der Waals surface area contributed by atoms with E-state index in [2.05, 4.69) is 17.2 Å². The minimum atomic E-state index is 0.502. The third-order valence-corrected chi connectivity index (χ3v) is 2.72. The van der Waals surface area contributed by atoms with Gasteiger partial charge in [0.2, 0.25) is 5.89 Å². The zero-order chi connectivity index (χ0) is 10.5. The smallest absolute Gasteiger partial charge is 0.208 e. The first kappa shape index (κ1) is 10.6. The van der Waals surface area contributed by atoms with E-state index >= 15 is 0 Å². The number of rotatable bonds is 4. The van der Waals surface area contributed by atoms with Crippen LogP contribution in [0.4, 0.5) is 0 Å². The third-order valence-electron chi connectivity index (χ3n) is 2.72. The van der Waals surface area contributed by atoms with Gasteiger partial charge in [0.25, 0.3) is 0 Å². The van der Waals surface area contributed by atoms with Crippen molar-refractivity contribution >= 4 is 0 Å². The highest BCUT2D eigenvalue weighted by atomic mass is 16.5. The molecule has 0 radical (unpaired) electrons. The molecule has 0 amide bonds. The van der Waals surface area contributed by atoms with E-state index < -0.39 is 0 Å². The van der Waals surface area contributed by atoms with Gasteiger partial charge in [-0.1, -0.05) is 6.92 Å². The Balaban J connectivity index is 1.93. The van der Waals surface area contributed by atoms with Gasteiger partial charge in [0.15, 0.2) is 0 Å². The molecular weight excluding hydrogens is 192 g/mol. The lowest BCUT2D eigenvalue weighted by molar-refractivity contribution is 0.0803. The second kappa shape index (κ2) is 5.28. The first-order valence-corrected chi connectivity index (χ1v) is 5.63. The van der Waals surface area contributed by atoms with Gasteiger partial charge in [-0.05, 0) is 19.4 Å². The minimum absolute atomic E-state index is 0.502. The Bertz CT molecular complexity index is 293. The lowest BCUT2D eigenvalue weighted by atomic mass is 9.98. The SMILES string of the molecule is CCNCc1ncc(C2CCOCC2)o1. The predicted octanol–water partition coefficient (Wildman–Crippen LogP) is 1.68. The molecule has 4 nitrogen and oxygen atoms in total. The molecule has 0 saturated carbocycles. The number of oxazole rings is 1. The summed E-state index contributed by atoms with van der Waals surface area (Å²) in [7, 11) is 0. The summed E-state index contributed by atoms with van der Waals surface area (Å²) in [5.41, 5.74) is 0. The fraction of sp³-hybridized carbons (Fsp3) is 0.727. The van der Waals surface area contributed by atoms with Gasteiger partial charge >= 0.3 is 0 Å². The van der Waals surface area contributed by atoms with E-state index in [4.69, 9.17) is 9.15 Å². The highest BCUT2D eigenvalue weighted by molar-refractivity contribution is 5.02. The summed E-state index contributed by atoms with van der Waals surface area (Å²) >= 11 is 0. The molecule has 0 bridgehead atoms. The average Bonchev–Trinajstić information content (AvgIpc) is 2.76. The summed E-state index contributed by atoms with van der Waals surface area (Å²) in [5, 5.41) is 3.20. The van der Waals surface area contributed by atoms with E-state index in [1.165, 1.54) is 0 Å². The molecule has 0 atom stereocenters. The summed E-state index contributed by atoms with van der Waals surface area (Å²) in [6.45, 7) is 5.42. The van der Waals surface area contributed by atoms with E-state index in [1.807, 2.05) is 6.20 Å². The number of nitrogens with one attached hydrogen (secondary N) is 1. The number of nitrogens with zero attached hydrogens (tertiary/aromatic N) is 1. The topological polar surface area (TPSA) is 47.3 Å². The molecule has 15 heavy (non-hydrogen) atoms. The van der Waals surface area contributed by atoms with Crippen LogP contribution >= 0.6 is 0 Å². The van der Waals surface area contributed by atoms with Gasteiger partial charge < -0.3 is 14.5 Å². The van der Waals surface area contributed by atoms with Gasteiger partial charge in [0.1, 0.15) is 5.76 Å². The second-order valence-electron chi connectivity index (χ2n) is 3.82. The van der Waals surface area contributed by atoms with Crippen LogP contribution in [-0.4, -0.2) is 24.7 Å². The fourth-order valence-corrected chi connectivity index (χ4v) is 1.81. The van der Waals surface area contributed by atoms with Crippen molar-refractivity contribution in [1.82, 2.24) is 10.3 Å². The van der Waals surface area contributed by atoms with Gasteiger partial charge in [-0.25, -0.2) is 4.98 Å². The lowest BCUT2D eigenvalue weighted by Gasteiger charge is -2.19. The van der Waals surface area contributed by atoms with Crippen LogP contribution in [0.25, 0.3) is 0 Å². The largest absolute Gasteiger partial charge is 0.444 e. The van der Waals surface area contributed by atoms with Crippen LogP contribution in [0.2, 0.25) is 0 Å². The zero-order valence-corrected chi connectivity index (χ0v) is 9.16. The molecule has 1 aromatic rings. The number of aromatic nitrogens is 1. The van der Waals surface area contributed by atoms with E-state index in [0.717, 1.165) is 50.8 Å². The molecule has 0 aromatic carbocycles. The maximum atomic E-state index is 5.70. The van der Waals surface area contributed by atoms with E-state index in [0.29, 0.717) is 5.92 Å². The molecule has 84 valence electrons. The van der Waals surface area contributed by atoms with Gasteiger partial charge in [-0.15, -0.1) is 0 Å². The molecule has 0 unspecified atom stereocenters. The van der Waals surface area contributed by atoms with Crippen molar-refractivity contribution < 1.29 is 9.15 Å². The summed E-state index contributed by atoms with van der Waals surface area (Å²) in [6.07, 6.45) is 3.97. The molecule has 1 N–H and O–H groups in total. The summed E-state index contributed by atoms with van der Waals surface area (Å²) in [6, 6.07) is 0. The van der Waals surface area contributed by atoms with Gasteiger partial charge in [-0.3, -0.25) is 0 Å². The summed E-state index contributed by atoms with van der Waals surface area (Å²) in [5.74, 6) is 2.31. The second-order valence-corrected chi connectivity index (χ2v) is 3.82. The fourth-order valence-electron chi connectivity index (χ4n) is 1.81. The molecule has 1 aliphatic heterocycles. The molecule has 1 fully saturated rings. The van der Waals surface area contributed by atoms with Crippen molar-refractivity contribution in [3.63, 3.8) is 0 Å². The van der Waals surface area contributed by atoms with Gasteiger partial charge in [0, 0.05) is 19.1 Å². The molecule has 1 saturated heterocycles. The van der Waals surface area contributed by atoms with Crippen molar-refractivity contribution in [1.29, 1.82) is 0 Å². The molecular formula is C11H18N2O2. The molecule has 1 aliphatic rings. The standard InChI is InChI=1S/C11H18N2O2/c1-2-12-8-11-13-7-10(15-11)9-3-5-14-6-4-9/h7,9,12H,2-6,8H2,1H3. The molecule has 4 heteroatoms. The molecule has 2 heterocycles. The van der Waals surface area contributed by atoms with Gasteiger partial charge in [-0.2, -0.15) is 0 Å². The molecule has 1 aromatic heterocycles. The van der Waals surface area contributed by atoms with Crippen molar-refractivity contribution in [3.05, 3.63) is 17.8 Å². The Morgan fingerprint density at radius 2 is 2.27 bits per heavy atom. The van der Waals surface area contributed by atoms with Crippen molar-refractivity contribution in [3.8, 4) is 0 Å². The Labute approximate surface area is 90.0 Å². The Kier molecular flexibility index (Phi) is 3.75. The van der Waals surface area contributed by atoms with Crippen LogP contribution in [0, 0.1) is 0 Å². The highest BCUT2D eigenvalue weighted by Gasteiger charge is 2.19. The van der Waals surface area contributed by atoms with E-state index in [-0.39, 0.29) is 0 Å². The third kappa shape index (κ3) is 2.79. The average molecular weight is 210 g/mol. The van der Waals surface area contributed by atoms with Crippen LogP contribution in [-0.2, 0) is 11.3 Å². The Hall–Kier alpha value is -0.870. The van der Waals surface area contributed by atoms with Crippen LogP contribution in [0.1, 0.15) is 37.3 Å². The monoisotopic (exact) mass is 210 g/mol. The Morgan fingerprint density at radius 1 is 1.47 bits per heavy atom. The minimum Gasteiger partial charge on any atom is -0.444 e. The van der Waals surface area contributed by atoms with Crippen LogP contribution < -0.4 is 5.32 Å². The van der Waals surface area contributed by atoms with Gasteiger partial charge in [0.05, 0.1) is 12.7 Å². The van der Waals surface area contributed by atoms with Crippen molar-refractivity contribution in [2.45, 2.75) is 32.2 Å². The number of hydrogen-bond donors (Lipinski definition) is 1. The number of hydrogen-bond acceptors (Lipinski definition) is 4. The summed E-state index contributed by atoms with van der Waals surface area (Å²) in [4.78, 5) is 4.26. The highest BCUT2D eigenvalue weighted by Crippen LogP contribution is 2.27. The quantitative estimate of drug-likeness (QED) is 0.821. The molecule has 0 spiro atoms.